The Morgan fingerprint density at radius 3 is 2.19 bits per heavy atom. The van der Waals surface area contributed by atoms with Gasteiger partial charge in [0, 0.05) is 21.4 Å². The second-order valence-electron chi connectivity index (χ2n) is 4.88. The lowest BCUT2D eigenvalue weighted by atomic mass is 10.0. The van der Waals surface area contributed by atoms with Crippen LogP contribution in [0.3, 0.4) is 0 Å². The van der Waals surface area contributed by atoms with Crippen LogP contribution in [0.4, 0.5) is 0 Å². The summed E-state index contributed by atoms with van der Waals surface area (Å²) in [6.07, 6.45) is 0. The lowest BCUT2D eigenvalue weighted by Crippen LogP contribution is -1.81. The van der Waals surface area contributed by atoms with E-state index in [1.165, 1.54) is 0 Å². The van der Waals surface area contributed by atoms with Gasteiger partial charge in [0.15, 0.2) is 0 Å². The number of hydrogen-bond acceptors (Lipinski definition) is 1. The van der Waals surface area contributed by atoms with E-state index in [1.807, 2.05) is 54.6 Å². The topological polar surface area (TPSA) is 13.1 Å². The summed E-state index contributed by atoms with van der Waals surface area (Å²) in [6, 6.07) is 20.0. The van der Waals surface area contributed by atoms with Crippen molar-refractivity contribution in [2.45, 2.75) is 0 Å². The van der Waals surface area contributed by atoms with Crippen LogP contribution in [0.1, 0.15) is 0 Å². The molecule has 0 aliphatic carbocycles. The third-order valence-electron chi connectivity index (χ3n) is 3.65. The second kappa shape index (κ2) is 4.90. The highest BCUT2D eigenvalue weighted by molar-refractivity contribution is 9.10. The Hall–Kier alpha value is -1.77. The van der Waals surface area contributed by atoms with Gasteiger partial charge in [0.05, 0.1) is 4.47 Å². The van der Waals surface area contributed by atoms with Crippen molar-refractivity contribution in [1.82, 2.24) is 0 Å². The minimum absolute atomic E-state index is 0.751. The minimum atomic E-state index is 0.751. The lowest BCUT2D eigenvalue weighted by molar-refractivity contribution is 0.630. The zero-order chi connectivity index (χ0) is 14.4. The highest BCUT2D eigenvalue weighted by atomic mass is 79.9. The summed E-state index contributed by atoms with van der Waals surface area (Å²) >= 11 is 9.96. The van der Waals surface area contributed by atoms with Gasteiger partial charge in [-0.15, -0.1) is 0 Å². The highest BCUT2D eigenvalue weighted by Gasteiger charge is 2.16. The van der Waals surface area contributed by atoms with Gasteiger partial charge < -0.3 is 4.42 Å². The molecule has 0 saturated heterocycles. The Labute approximate surface area is 135 Å². The van der Waals surface area contributed by atoms with Crippen LogP contribution >= 0.6 is 27.5 Å². The van der Waals surface area contributed by atoms with E-state index in [2.05, 4.69) is 22.0 Å². The molecule has 0 aliphatic heterocycles. The Bertz CT molecular complexity index is 971. The normalized spacial score (nSPS) is 11.3. The maximum Gasteiger partial charge on any atom is 0.150 e. The van der Waals surface area contributed by atoms with Crippen molar-refractivity contribution in [3.63, 3.8) is 0 Å². The molecule has 4 aromatic rings. The van der Waals surface area contributed by atoms with Gasteiger partial charge in [0.2, 0.25) is 0 Å². The van der Waals surface area contributed by atoms with Crippen LogP contribution in [-0.4, -0.2) is 0 Å². The fraction of sp³-hybridized carbons (Fsp3) is 0. The summed E-state index contributed by atoms with van der Waals surface area (Å²) in [6.45, 7) is 0. The van der Waals surface area contributed by atoms with E-state index < -0.39 is 0 Å². The Morgan fingerprint density at radius 2 is 1.43 bits per heavy atom. The van der Waals surface area contributed by atoms with Gasteiger partial charge in [0.25, 0.3) is 0 Å². The molecule has 0 radical (unpaired) electrons. The Morgan fingerprint density at radius 1 is 0.762 bits per heavy atom. The standard InChI is InChI=1S/C18H10BrClO/c19-17-14-7-3-4-8-16(14)21-18(17)13-9-10-15(20)12-6-2-1-5-11(12)13/h1-10H. The zero-order valence-electron chi connectivity index (χ0n) is 10.9. The minimum Gasteiger partial charge on any atom is -0.455 e. The van der Waals surface area contributed by atoms with Crippen LogP contribution in [0.25, 0.3) is 33.1 Å². The van der Waals surface area contributed by atoms with Crippen LogP contribution in [0.5, 0.6) is 0 Å². The molecule has 0 atom stereocenters. The van der Waals surface area contributed by atoms with E-state index in [4.69, 9.17) is 16.0 Å². The average molecular weight is 358 g/mol. The van der Waals surface area contributed by atoms with E-state index in [0.29, 0.717) is 0 Å². The molecule has 21 heavy (non-hydrogen) atoms. The first-order valence-electron chi connectivity index (χ1n) is 6.60. The molecule has 4 rings (SSSR count). The number of benzene rings is 3. The van der Waals surface area contributed by atoms with Crippen molar-refractivity contribution in [3.05, 3.63) is 70.2 Å². The molecule has 1 aromatic heterocycles. The third kappa shape index (κ3) is 1.98. The average Bonchev–Trinajstić information content (AvgIpc) is 2.86. The predicted octanol–water partition coefficient (Wildman–Crippen LogP) is 6.67. The molecule has 3 aromatic carbocycles. The lowest BCUT2D eigenvalue weighted by Gasteiger charge is -2.06. The van der Waals surface area contributed by atoms with E-state index in [9.17, 15) is 0 Å². The second-order valence-corrected chi connectivity index (χ2v) is 6.08. The Balaban J connectivity index is 2.10. The molecule has 0 spiro atoms. The van der Waals surface area contributed by atoms with Crippen LogP contribution < -0.4 is 0 Å². The molecule has 1 heterocycles. The predicted molar refractivity (Wildman–Crippen MR) is 91.9 cm³/mol. The van der Waals surface area contributed by atoms with E-state index in [-0.39, 0.29) is 0 Å². The van der Waals surface area contributed by atoms with Crippen LogP contribution in [0, 0.1) is 0 Å². The SMILES string of the molecule is Clc1ccc(-c2oc3ccccc3c2Br)c2ccccc12. The molecule has 0 unspecified atom stereocenters. The first kappa shape index (κ1) is 12.9. The van der Waals surface area contributed by atoms with Crippen molar-refractivity contribution < 1.29 is 4.42 Å². The van der Waals surface area contributed by atoms with Gasteiger partial charge in [-0.05, 0) is 45.6 Å². The maximum atomic E-state index is 6.29. The van der Waals surface area contributed by atoms with Gasteiger partial charge in [-0.2, -0.15) is 0 Å². The van der Waals surface area contributed by atoms with Gasteiger partial charge >= 0.3 is 0 Å². The molecule has 102 valence electrons. The summed E-state index contributed by atoms with van der Waals surface area (Å²) in [5.74, 6) is 0.837. The first-order valence-corrected chi connectivity index (χ1v) is 7.77. The van der Waals surface area contributed by atoms with Crippen molar-refractivity contribution >= 4 is 49.3 Å². The quantitative estimate of drug-likeness (QED) is 0.371. The number of para-hydroxylation sites is 1. The smallest absolute Gasteiger partial charge is 0.150 e. The number of rotatable bonds is 1. The zero-order valence-corrected chi connectivity index (χ0v) is 13.3. The van der Waals surface area contributed by atoms with Crippen molar-refractivity contribution in [2.24, 2.45) is 0 Å². The number of hydrogen-bond donors (Lipinski definition) is 0. The molecular formula is C18H10BrClO. The van der Waals surface area contributed by atoms with Crippen LogP contribution in [-0.2, 0) is 0 Å². The molecule has 0 fully saturated rings. The largest absolute Gasteiger partial charge is 0.455 e. The molecule has 0 N–H and O–H groups in total. The van der Waals surface area contributed by atoms with E-state index in [0.717, 1.165) is 42.6 Å². The monoisotopic (exact) mass is 356 g/mol. The molecule has 0 saturated carbocycles. The fourth-order valence-corrected chi connectivity index (χ4v) is 3.50. The summed E-state index contributed by atoms with van der Waals surface area (Å²) in [5.41, 5.74) is 1.91. The van der Waals surface area contributed by atoms with Crippen molar-refractivity contribution in [1.29, 1.82) is 0 Å². The summed E-state index contributed by atoms with van der Waals surface area (Å²) in [7, 11) is 0. The fourth-order valence-electron chi connectivity index (χ4n) is 2.65. The summed E-state index contributed by atoms with van der Waals surface area (Å²) in [5, 5.41) is 3.95. The number of furan rings is 1. The van der Waals surface area contributed by atoms with Crippen LogP contribution in [0.2, 0.25) is 5.02 Å². The van der Waals surface area contributed by atoms with Crippen molar-refractivity contribution in [3.8, 4) is 11.3 Å². The summed E-state index contributed by atoms with van der Waals surface area (Å²) in [4.78, 5) is 0. The van der Waals surface area contributed by atoms with E-state index >= 15 is 0 Å². The highest BCUT2D eigenvalue weighted by Crippen LogP contribution is 2.41. The maximum absolute atomic E-state index is 6.29. The third-order valence-corrected chi connectivity index (χ3v) is 4.77. The molecule has 0 aliphatic rings. The van der Waals surface area contributed by atoms with Crippen LogP contribution in [0.15, 0.2) is 69.6 Å². The molecular weight excluding hydrogens is 348 g/mol. The molecule has 1 nitrogen and oxygen atoms in total. The molecule has 3 heteroatoms. The first-order chi connectivity index (χ1) is 10.3. The van der Waals surface area contributed by atoms with Gasteiger partial charge in [-0.1, -0.05) is 48.0 Å². The van der Waals surface area contributed by atoms with Gasteiger partial charge in [-0.25, -0.2) is 0 Å². The van der Waals surface area contributed by atoms with Crippen molar-refractivity contribution in [2.75, 3.05) is 0 Å². The molecule has 0 amide bonds. The van der Waals surface area contributed by atoms with Gasteiger partial charge in [-0.3, -0.25) is 0 Å². The summed E-state index contributed by atoms with van der Waals surface area (Å²) < 4.78 is 7.02. The van der Waals surface area contributed by atoms with Gasteiger partial charge in [0.1, 0.15) is 11.3 Å². The van der Waals surface area contributed by atoms with E-state index in [1.54, 1.807) is 0 Å². The Kier molecular flexibility index (Phi) is 3.02. The number of fused-ring (bicyclic) bond motifs is 2. The molecule has 0 bridgehead atoms. The number of halogens is 2.